The van der Waals surface area contributed by atoms with Gasteiger partial charge >= 0.3 is 5.97 Å². The fraction of sp³-hybridized carbons (Fsp3) is 0.529. The van der Waals surface area contributed by atoms with Crippen LogP contribution in [0.15, 0.2) is 30.3 Å². The van der Waals surface area contributed by atoms with Crippen LogP contribution in [-0.2, 0) is 20.9 Å². The van der Waals surface area contributed by atoms with Crippen molar-refractivity contribution in [3.63, 3.8) is 0 Å². The van der Waals surface area contributed by atoms with E-state index in [4.69, 9.17) is 16.3 Å². The van der Waals surface area contributed by atoms with Crippen molar-refractivity contribution in [2.45, 2.75) is 46.8 Å². The molecule has 22 heavy (non-hydrogen) atoms. The third-order valence-electron chi connectivity index (χ3n) is 2.78. The van der Waals surface area contributed by atoms with E-state index >= 15 is 0 Å². The van der Waals surface area contributed by atoms with Crippen molar-refractivity contribution >= 4 is 23.5 Å². The minimum atomic E-state index is -0.587. The van der Waals surface area contributed by atoms with Crippen molar-refractivity contribution < 1.29 is 14.3 Å². The van der Waals surface area contributed by atoms with Crippen molar-refractivity contribution in [3.8, 4) is 0 Å². The molecule has 1 unspecified atom stereocenters. The summed E-state index contributed by atoms with van der Waals surface area (Å²) in [5.41, 5.74) is 0.931. The first-order valence-corrected chi connectivity index (χ1v) is 8.05. The molecule has 1 amide bonds. The van der Waals surface area contributed by atoms with E-state index in [9.17, 15) is 9.59 Å². The molecule has 1 aromatic rings. The van der Waals surface area contributed by atoms with Gasteiger partial charge in [-0.15, -0.1) is 11.6 Å². The lowest BCUT2D eigenvalue weighted by atomic mass is 10.0. The molecule has 0 aromatic heterocycles. The van der Waals surface area contributed by atoms with Crippen LogP contribution in [0.25, 0.3) is 0 Å². The number of halogens is 1. The first-order chi connectivity index (χ1) is 10.5. The van der Waals surface area contributed by atoms with Crippen molar-refractivity contribution in [2.75, 3.05) is 5.88 Å². The molecule has 5 heteroatoms. The fourth-order valence-corrected chi connectivity index (χ4v) is 1.59. The van der Waals surface area contributed by atoms with Crippen molar-refractivity contribution in [3.05, 3.63) is 35.9 Å². The highest BCUT2D eigenvalue weighted by atomic mass is 35.5. The summed E-state index contributed by atoms with van der Waals surface area (Å²) >= 11 is 5.00. The maximum atomic E-state index is 12.0. The molecule has 0 radical (unpaired) electrons. The minimum absolute atomic E-state index is 0.00114. The Morgan fingerprint density at radius 3 is 2.18 bits per heavy atom. The number of ether oxygens (including phenoxy) is 1. The van der Waals surface area contributed by atoms with Gasteiger partial charge in [0.15, 0.2) is 0 Å². The number of benzene rings is 1. The molecule has 0 aliphatic rings. The molecule has 0 aliphatic heterocycles. The molecule has 1 N–H and O–H groups in total. The van der Waals surface area contributed by atoms with E-state index in [2.05, 4.69) is 5.32 Å². The molecule has 124 valence electrons. The van der Waals surface area contributed by atoms with Gasteiger partial charge in [0.25, 0.3) is 0 Å². The highest BCUT2D eigenvalue weighted by Crippen LogP contribution is 2.07. The maximum absolute atomic E-state index is 12.0. The number of carbonyl (C=O) groups is 2. The molecule has 0 bridgehead atoms. The summed E-state index contributed by atoms with van der Waals surface area (Å²) in [4.78, 5) is 23.4. The van der Waals surface area contributed by atoms with Gasteiger partial charge in [-0.3, -0.25) is 4.79 Å². The topological polar surface area (TPSA) is 55.4 Å². The third-order valence-corrected chi connectivity index (χ3v) is 2.78. The van der Waals surface area contributed by atoms with Gasteiger partial charge in [-0.2, -0.15) is 0 Å². The van der Waals surface area contributed by atoms with E-state index in [1.807, 2.05) is 51.1 Å². The lowest BCUT2D eigenvalue weighted by Gasteiger charge is -2.20. The van der Waals surface area contributed by atoms with Crippen LogP contribution in [0.4, 0.5) is 0 Å². The third kappa shape index (κ3) is 8.67. The van der Waals surface area contributed by atoms with Gasteiger partial charge in [-0.25, -0.2) is 4.79 Å². The van der Waals surface area contributed by atoms with Gasteiger partial charge in [0, 0.05) is 12.3 Å². The highest BCUT2D eigenvalue weighted by molar-refractivity contribution is 6.17. The molecular formula is C17H26ClNO3. The lowest BCUT2D eigenvalue weighted by molar-refractivity contribution is -0.150. The second-order valence-electron chi connectivity index (χ2n) is 5.00. The largest absolute Gasteiger partial charge is 0.459 e. The number of hydrogen-bond donors (Lipinski definition) is 1. The number of amides is 1. The summed E-state index contributed by atoms with van der Waals surface area (Å²) < 4.78 is 5.24. The van der Waals surface area contributed by atoms with Gasteiger partial charge < -0.3 is 10.1 Å². The minimum Gasteiger partial charge on any atom is -0.459 e. The summed E-state index contributed by atoms with van der Waals surface area (Å²) in [5.74, 6) is 0.190. The molecule has 0 saturated carbocycles. The van der Waals surface area contributed by atoms with Gasteiger partial charge in [-0.05, 0) is 11.5 Å². The molecular weight excluding hydrogens is 302 g/mol. The van der Waals surface area contributed by atoms with Gasteiger partial charge in [-0.1, -0.05) is 58.0 Å². The van der Waals surface area contributed by atoms with Crippen LogP contribution < -0.4 is 5.32 Å². The second-order valence-corrected chi connectivity index (χ2v) is 5.54. The summed E-state index contributed by atoms with van der Waals surface area (Å²) in [7, 11) is 0. The molecule has 0 fully saturated rings. The Labute approximate surface area is 138 Å². The van der Waals surface area contributed by atoms with E-state index in [-0.39, 0.29) is 24.4 Å². The zero-order valence-electron chi connectivity index (χ0n) is 13.8. The predicted molar refractivity (Wildman–Crippen MR) is 89.7 cm³/mol. The number of hydrogen-bond acceptors (Lipinski definition) is 3. The van der Waals surface area contributed by atoms with Gasteiger partial charge in [0.1, 0.15) is 12.6 Å². The average Bonchev–Trinajstić information content (AvgIpc) is 2.51. The van der Waals surface area contributed by atoms with Crippen molar-refractivity contribution in [2.24, 2.45) is 5.92 Å². The smallest absolute Gasteiger partial charge is 0.329 e. The Balaban J connectivity index is 0.00000135. The number of alkyl halides is 1. The van der Waals surface area contributed by atoms with Gasteiger partial charge in [0.05, 0.1) is 0 Å². The fourth-order valence-electron chi connectivity index (χ4n) is 1.59. The van der Waals surface area contributed by atoms with E-state index in [1.165, 1.54) is 0 Å². The van der Waals surface area contributed by atoms with E-state index in [1.54, 1.807) is 6.92 Å². The Morgan fingerprint density at radius 1 is 1.18 bits per heavy atom. The number of rotatable bonds is 6. The molecule has 0 aliphatic carbocycles. The quantitative estimate of drug-likeness (QED) is 0.642. The van der Waals surface area contributed by atoms with Crippen LogP contribution >= 0.6 is 11.6 Å². The highest BCUT2D eigenvalue weighted by Gasteiger charge is 2.25. The SMILES string of the molecule is CCC(=O)NC(C(=O)OCc1ccccc1)C(C)C.CCCl. The van der Waals surface area contributed by atoms with E-state index < -0.39 is 6.04 Å². The van der Waals surface area contributed by atoms with Crippen molar-refractivity contribution in [1.29, 1.82) is 0 Å². The first kappa shape index (κ1) is 20.5. The maximum Gasteiger partial charge on any atom is 0.329 e. The molecule has 0 spiro atoms. The average molecular weight is 328 g/mol. The number of carbonyl (C=O) groups excluding carboxylic acids is 2. The number of nitrogens with one attached hydrogen (secondary N) is 1. The molecule has 1 aromatic carbocycles. The summed E-state index contributed by atoms with van der Waals surface area (Å²) in [6, 6.07) is 8.88. The standard InChI is InChI=1S/C15H21NO3.C2H5Cl/c1-4-13(17)16-14(11(2)3)15(18)19-10-12-8-6-5-7-9-12;1-2-3/h5-9,11,14H,4,10H2,1-3H3,(H,16,17);2H2,1H3. The normalized spacial score (nSPS) is 11.2. The van der Waals surface area contributed by atoms with Crippen LogP contribution in [0.2, 0.25) is 0 Å². The zero-order chi connectivity index (χ0) is 17.0. The van der Waals surface area contributed by atoms with E-state index in [0.29, 0.717) is 6.42 Å². The van der Waals surface area contributed by atoms with Gasteiger partial charge in [0.2, 0.25) is 5.91 Å². The summed E-state index contributed by atoms with van der Waals surface area (Å²) in [5, 5.41) is 2.69. The summed E-state index contributed by atoms with van der Waals surface area (Å²) in [6.45, 7) is 7.63. The van der Waals surface area contributed by atoms with Crippen LogP contribution in [-0.4, -0.2) is 23.8 Å². The first-order valence-electron chi connectivity index (χ1n) is 7.52. The lowest BCUT2D eigenvalue weighted by Crippen LogP contribution is -2.45. The Bertz CT molecular complexity index is 435. The molecule has 1 atom stereocenters. The summed E-state index contributed by atoms with van der Waals surface area (Å²) in [6.07, 6.45) is 0.356. The van der Waals surface area contributed by atoms with Crippen molar-refractivity contribution in [1.82, 2.24) is 5.32 Å². The number of esters is 1. The predicted octanol–water partition coefficient (Wildman–Crippen LogP) is 3.53. The van der Waals surface area contributed by atoms with Crippen LogP contribution in [0.3, 0.4) is 0 Å². The Hall–Kier alpha value is -1.55. The Morgan fingerprint density at radius 2 is 1.73 bits per heavy atom. The molecule has 0 heterocycles. The molecule has 4 nitrogen and oxygen atoms in total. The molecule has 0 saturated heterocycles. The van der Waals surface area contributed by atoms with Crippen LogP contribution in [0.5, 0.6) is 0 Å². The monoisotopic (exact) mass is 327 g/mol. The Kier molecular flexibility index (Phi) is 11.2. The van der Waals surface area contributed by atoms with Crippen LogP contribution in [0.1, 0.15) is 39.7 Å². The van der Waals surface area contributed by atoms with Crippen LogP contribution in [0, 0.1) is 5.92 Å². The zero-order valence-corrected chi connectivity index (χ0v) is 14.5. The van der Waals surface area contributed by atoms with E-state index in [0.717, 1.165) is 11.4 Å². The second kappa shape index (κ2) is 12.0. The molecule has 1 rings (SSSR count).